The van der Waals surface area contributed by atoms with Crippen LogP contribution in [0.5, 0.6) is 0 Å². The van der Waals surface area contributed by atoms with Gasteiger partial charge in [-0.15, -0.1) is 0 Å². The van der Waals surface area contributed by atoms with Crippen LogP contribution in [0, 0.1) is 0 Å². The zero-order valence-electron chi connectivity index (χ0n) is 9.97. The Balaban J connectivity index is 2.18. The molecule has 0 bridgehead atoms. The van der Waals surface area contributed by atoms with Gasteiger partial charge >= 0.3 is 0 Å². The van der Waals surface area contributed by atoms with E-state index < -0.39 is 10.0 Å². The van der Waals surface area contributed by atoms with Gasteiger partial charge in [0.2, 0.25) is 10.0 Å². The first-order chi connectivity index (χ1) is 8.90. The predicted octanol–water partition coefficient (Wildman–Crippen LogP) is 2.31. The number of aryl methyl sites for hydroxylation is 1. The van der Waals surface area contributed by atoms with Gasteiger partial charge in [-0.05, 0) is 40.2 Å². The van der Waals surface area contributed by atoms with Gasteiger partial charge < -0.3 is 0 Å². The summed E-state index contributed by atoms with van der Waals surface area (Å²) in [7, 11) is -1.82. The summed E-state index contributed by atoms with van der Waals surface area (Å²) in [6, 6.07) is 6.21. The van der Waals surface area contributed by atoms with Crippen molar-refractivity contribution in [2.75, 3.05) is 0 Å². The van der Waals surface area contributed by atoms with Crippen molar-refractivity contribution >= 4 is 37.6 Å². The van der Waals surface area contributed by atoms with Gasteiger partial charge in [-0.3, -0.25) is 4.68 Å². The van der Waals surface area contributed by atoms with E-state index >= 15 is 0 Å². The van der Waals surface area contributed by atoms with Crippen molar-refractivity contribution in [3.8, 4) is 0 Å². The third-order valence-electron chi connectivity index (χ3n) is 2.57. The largest absolute Gasteiger partial charge is 0.271 e. The summed E-state index contributed by atoms with van der Waals surface area (Å²) in [4.78, 5) is 0.158. The molecule has 0 aliphatic heterocycles. The van der Waals surface area contributed by atoms with Crippen LogP contribution in [-0.2, 0) is 23.6 Å². The van der Waals surface area contributed by atoms with Crippen molar-refractivity contribution in [3.63, 3.8) is 0 Å². The van der Waals surface area contributed by atoms with E-state index in [0.29, 0.717) is 9.50 Å². The monoisotopic (exact) mass is 363 g/mol. The molecule has 0 fully saturated rings. The molecule has 1 heterocycles. The molecule has 0 atom stereocenters. The van der Waals surface area contributed by atoms with E-state index in [0.717, 1.165) is 5.69 Å². The number of sulfonamides is 1. The first-order valence-corrected chi connectivity index (χ1v) is 7.97. The zero-order chi connectivity index (χ0) is 14.0. The Morgan fingerprint density at radius 3 is 2.74 bits per heavy atom. The molecule has 2 rings (SSSR count). The summed E-state index contributed by atoms with van der Waals surface area (Å²) in [5.41, 5.74) is 0.775. The Bertz CT molecular complexity index is 700. The molecule has 19 heavy (non-hydrogen) atoms. The molecule has 2 aromatic rings. The Kier molecular flexibility index (Phi) is 4.29. The van der Waals surface area contributed by atoms with Crippen molar-refractivity contribution in [2.45, 2.75) is 11.4 Å². The van der Waals surface area contributed by atoms with Gasteiger partial charge in [0.25, 0.3) is 0 Å². The van der Waals surface area contributed by atoms with Crippen molar-refractivity contribution in [3.05, 3.63) is 45.7 Å². The maximum atomic E-state index is 12.1. The molecule has 1 N–H and O–H groups in total. The Hall–Kier alpha value is -0.890. The predicted molar refractivity (Wildman–Crippen MR) is 76.4 cm³/mol. The molecule has 0 unspecified atom stereocenters. The second-order valence-corrected chi connectivity index (χ2v) is 6.88. The molecular weight excluding hydrogens is 354 g/mol. The van der Waals surface area contributed by atoms with Crippen LogP contribution in [0.3, 0.4) is 0 Å². The lowest BCUT2D eigenvalue weighted by molar-refractivity contribution is 0.577. The molecule has 8 heteroatoms. The van der Waals surface area contributed by atoms with E-state index in [4.69, 9.17) is 11.6 Å². The van der Waals surface area contributed by atoms with Crippen molar-refractivity contribution in [2.24, 2.45) is 7.05 Å². The highest BCUT2D eigenvalue weighted by Gasteiger charge is 2.15. The Morgan fingerprint density at radius 1 is 1.42 bits per heavy atom. The van der Waals surface area contributed by atoms with E-state index in [1.165, 1.54) is 18.2 Å². The number of nitrogens with zero attached hydrogens (tertiary/aromatic N) is 2. The van der Waals surface area contributed by atoms with E-state index in [2.05, 4.69) is 25.8 Å². The number of halogens is 2. The first-order valence-electron chi connectivity index (χ1n) is 5.32. The average Bonchev–Trinajstić information content (AvgIpc) is 2.76. The van der Waals surface area contributed by atoms with Gasteiger partial charge in [-0.1, -0.05) is 11.6 Å². The van der Waals surface area contributed by atoms with Crippen LogP contribution >= 0.6 is 27.5 Å². The van der Waals surface area contributed by atoms with E-state index in [-0.39, 0.29) is 11.4 Å². The third-order valence-corrected chi connectivity index (χ3v) is 5.18. The molecule has 5 nitrogen and oxygen atoms in total. The van der Waals surface area contributed by atoms with Crippen LogP contribution < -0.4 is 4.72 Å². The average molecular weight is 365 g/mol. The molecule has 0 amide bonds. The number of hydrogen-bond donors (Lipinski definition) is 1. The van der Waals surface area contributed by atoms with Gasteiger partial charge in [0.05, 0.1) is 22.2 Å². The highest BCUT2D eigenvalue weighted by Crippen LogP contribution is 2.25. The second kappa shape index (κ2) is 5.62. The molecule has 0 radical (unpaired) electrons. The van der Waals surface area contributed by atoms with Crippen LogP contribution in [0.2, 0.25) is 5.02 Å². The minimum Gasteiger partial charge on any atom is -0.271 e. The number of hydrogen-bond acceptors (Lipinski definition) is 3. The summed E-state index contributed by atoms with van der Waals surface area (Å²) >= 11 is 9.04. The highest BCUT2D eigenvalue weighted by molar-refractivity contribution is 9.10. The van der Waals surface area contributed by atoms with Crippen LogP contribution in [0.1, 0.15) is 5.69 Å². The fraction of sp³-hybridized carbons (Fsp3) is 0.182. The molecule has 102 valence electrons. The van der Waals surface area contributed by atoms with Gasteiger partial charge in [-0.2, -0.15) is 5.10 Å². The highest BCUT2D eigenvalue weighted by atomic mass is 79.9. The standard InChI is InChI=1S/C11H11BrClN3O2S/c1-16-8(4-5-14-16)7-15-19(17,18)9-2-3-11(13)10(12)6-9/h2-6,15H,7H2,1H3. The molecule has 1 aromatic heterocycles. The normalized spacial score (nSPS) is 11.7. The summed E-state index contributed by atoms with van der Waals surface area (Å²) in [5, 5.41) is 4.44. The smallest absolute Gasteiger partial charge is 0.240 e. The SMILES string of the molecule is Cn1nccc1CNS(=O)(=O)c1ccc(Cl)c(Br)c1. The lowest BCUT2D eigenvalue weighted by Crippen LogP contribution is -2.24. The number of aromatic nitrogens is 2. The molecular formula is C11H11BrClN3O2S. The van der Waals surface area contributed by atoms with Crippen molar-refractivity contribution < 1.29 is 8.42 Å². The molecule has 0 spiro atoms. The van der Waals surface area contributed by atoms with Gasteiger partial charge in [0.1, 0.15) is 0 Å². The van der Waals surface area contributed by atoms with Gasteiger partial charge in [0, 0.05) is 17.7 Å². The fourth-order valence-electron chi connectivity index (χ4n) is 1.47. The first kappa shape index (κ1) is 14.5. The van der Waals surface area contributed by atoms with E-state index in [9.17, 15) is 8.42 Å². The summed E-state index contributed by atoms with van der Waals surface area (Å²) < 4.78 is 28.9. The molecule has 0 saturated heterocycles. The third kappa shape index (κ3) is 3.36. The minimum absolute atomic E-state index is 0.158. The van der Waals surface area contributed by atoms with Crippen LogP contribution in [-0.4, -0.2) is 18.2 Å². The Morgan fingerprint density at radius 2 is 2.16 bits per heavy atom. The lowest BCUT2D eigenvalue weighted by atomic mass is 10.4. The van der Waals surface area contributed by atoms with E-state index in [1.807, 2.05) is 0 Å². The van der Waals surface area contributed by atoms with Gasteiger partial charge in [0.15, 0.2) is 0 Å². The van der Waals surface area contributed by atoms with E-state index in [1.54, 1.807) is 24.0 Å². The number of nitrogens with one attached hydrogen (secondary N) is 1. The summed E-state index contributed by atoms with van der Waals surface area (Å²) in [5.74, 6) is 0. The molecule has 1 aromatic carbocycles. The second-order valence-electron chi connectivity index (χ2n) is 3.85. The summed E-state index contributed by atoms with van der Waals surface area (Å²) in [6.07, 6.45) is 1.61. The minimum atomic E-state index is -3.57. The quantitative estimate of drug-likeness (QED) is 0.905. The number of benzene rings is 1. The topological polar surface area (TPSA) is 64.0 Å². The number of rotatable bonds is 4. The molecule has 0 aliphatic rings. The molecule has 0 aliphatic carbocycles. The van der Waals surface area contributed by atoms with Crippen LogP contribution in [0.25, 0.3) is 0 Å². The maximum absolute atomic E-state index is 12.1. The fourth-order valence-corrected chi connectivity index (χ4v) is 3.14. The van der Waals surface area contributed by atoms with Crippen LogP contribution in [0.15, 0.2) is 39.8 Å². The van der Waals surface area contributed by atoms with Crippen molar-refractivity contribution in [1.82, 2.24) is 14.5 Å². The maximum Gasteiger partial charge on any atom is 0.240 e. The Labute approximate surface area is 124 Å². The van der Waals surface area contributed by atoms with Gasteiger partial charge in [-0.25, -0.2) is 13.1 Å². The molecule has 0 saturated carbocycles. The van der Waals surface area contributed by atoms with Crippen molar-refractivity contribution in [1.29, 1.82) is 0 Å². The lowest BCUT2D eigenvalue weighted by Gasteiger charge is -2.08. The zero-order valence-corrected chi connectivity index (χ0v) is 13.1. The summed E-state index contributed by atoms with van der Waals surface area (Å²) in [6.45, 7) is 0.180. The van der Waals surface area contributed by atoms with Crippen LogP contribution in [0.4, 0.5) is 0 Å².